The number of hydrogen-bond donors (Lipinski definition) is 1. The van der Waals surface area contributed by atoms with E-state index in [1.54, 1.807) is 18.2 Å². The maximum atomic E-state index is 12.8. The average Bonchev–Trinajstić information content (AvgIpc) is 2.80. The van der Waals surface area contributed by atoms with Gasteiger partial charge in [-0.2, -0.15) is 8.42 Å². The highest BCUT2D eigenvalue weighted by atomic mass is 32.2. The minimum Gasteiger partial charge on any atom is -0.478 e. The lowest BCUT2D eigenvalue weighted by Gasteiger charge is -2.11. The quantitative estimate of drug-likeness (QED) is 0.237. The Morgan fingerprint density at radius 3 is 1.88 bits per heavy atom. The van der Waals surface area contributed by atoms with Crippen LogP contribution in [0.5, 0.6) is 0 Å². The van der Waals surface area contributed by atoms with Gasteiger partial charge in [-0.15, -0.1) is 0 Å². The van der Waals surface area contributed by atoms with Crippen LogP contribution in [0.25, 0.3) is 0 Å². The molecule has 0 spiro atoms. The lowest BCUT2D eigenvalue weighted by molar-refractivity contribution is 0.0670. The van der Waals surface area contributed by atoms with Crippen LogP contribution in [0, 0.1) is 0 Å². The molecule has 0 aliphatic rings. The standard InChI is InChI=1S/C26H34O6S/c1-2-3-4-5-6-7-8-9-10-11-16-21-17-12-15-20-24(21)33(30,31)32-26(29)23-19-14-13-18-22(23)25(27)28/h12-15,17-20H,2-11,16H2,1H3,(H,27,28). The fourth-order valence-electron chi connectivity index (χ4n) is 3.79. The summed E-state index contributed by atoms with van der Waals surface area (Å²) < 4.78 is 30.4. The fourth-order valence-corrected chi connectivity index (χ4v) is 4.91. The van der Waals surface area contributed by atoms with Crippen LogP contribution in [0.1, 0.15) is 97.4 Å². The molecule has 0 radical (unpaired) electrons. The number of hydrogen-bond acceptors (Lipinski definition) is 5. The zero-order valence-electron chi connectivity index (χ0n) is 19.3. The van der Waals surface area contributed by atoms with Crippen molar-refractivity contribution >= 4 is 22.1 Å². The first kappa shape index (κ1) is 26.6. The third kappa shape index (κ3) is 8.65. The highest BCUT2D eigenvalue weighted by Crippen LogP contribution is 2.22. The van der Waals surface area contributed by atoms with Crippen molar-refractivity contribution in [3.8, 4) is 0 Å². The maximum Gasteiger partial charge on any atom is 0.354 e. The van der Waals surface area contributed by atoms with Crippen molar-refractivity contribution in [2.24, 2.45) is 0 Å². The monoisotopic (exact) mass is 474 g/mol. The molecule has 0 aliphatic heterocycles. The smallest absolute Gasteiger partial charge is 0.354 e. The van der Waals surface area contributed by atoms with Gasteiger partial charge in [-0.1, -0.05) is 95.0 Å². The van der Waals surface area contributed by atoms with Gasteiger partial charge in [0.15, 0.2) is 0 Å². The van der Waals surface area contributed by atoms with Crippen molar-refractivity contribution in [2.75, 3.05) is 0 Å². The highest BCUT2D eigenvalue weighted by Gasteiger charge is 2.26. The van der Waals surface area contributed by atoms with Crippen LogP contribution in [0.4, 0.5) is 0 Å². The van der Waals surface area contributed by atoms with Gasteiger partial charge < -0.3 is 9.29 Å². The second-order valence-corrected chi connectivity index (χ2v) is 9.73. The summed E-state index contributed by atoms with van der Waals surface area (Å²) in [5.41, 5.74) is -0.0199. The van der Waals surface area contributed by atoms with E-state index in [0.717, 1.165) is 19.3 Å². The Morgan fingerprint density at radius 1 is 0.758 bits per heavy atom. The molecule has 0 atom stereocenters. The summed E-state index contributed by atoms with van der Waals surface area (Å²) in [4.78, 5) is 23.7. The molecule has 6 nitrogen and oxygen atoms in total. The molecular weight excluding hydrogens is 440 g/mol. The molecular formula is C26H34O6S. The zero-order valence-corrected chi connectivity index (χ0v) is 20.1. The van der Waals surface area contributed by atoms with Crippen molar-refractivity contribution in [1.29, 1.82) is 0 Å². The lowest BCUT2D eigenvalue weighted by atomic mass is 10.0. The minimum absolute atomic E-state index is 0.0536. The van der Waals surface area contributed by atoms with Crippen molar-refractivity contribution < 1.29 is 27.3 Å². The maximum absolute atomic E-state index is 12.8. The second kappa shape index (κ2) is 13.8. The molecule has 180 valence electrons. The van der Waals surface area contributed by atoms with E-state index in [1.165, 1.54) is 75.3 Å². The van der Waals surface area contributed by atoms with E-state index >= 15 is 0 Å². The van der Waals surface area contributed by atoms with Crippen LogP contribution < -0.4 is 0 Å². The topological polar surface area (TPSA) is 97.7 Å². The number of rotatable bonds is 15. The number of carboxylic acids is 1. The molecule has 0 aromatic heterocycles. The second-order valence-electron chi connectivity index (χ2n) is 8.22. The normalized spacial score (nSPS) is 11.3. The predicted octanol–water partition coefficient (Wildman–Crippen LogP) is 6.39. The number of carbonyl (C=O) groups is 2. The average molecular weight is 475 g/mol. The summed E-state index contributed by atoms with van der Waals surface area (Å²) in [6, 6.07) is 11.8. The summed E-state index contributed by atoms with van der Waals surface area (Å²) in [7, 11) is -4.39. The number of carbonyl (C=O) groups excluding carboxylic acids is 1. The fraction of sp³-hybridized carbons (Fsp3) is 0.462. The molecule has 0 bridgehead atoms. The van der Waals surface area contributed by atoms with Gasteiger partial charge in [0, 0.05) is 0 Å². The summed E-state index contributed by atoms with van der Waals surface area (Å²) >= 11 is 0. The molecule has 2 aromatic carbocycles. The number of aromatic carboxylic acids is 1. The first-order chi connectivity index (χ1) is 15.9. The molecule has 0 fully saturated rings. The molecule has 2 rings (SSSR count). The van der Waals surface area contributed by atoms with Gasteiger partial charge in [-0.3, -0.25) is 0 Å². The van der Waals surface area contributed by atoms with Crippen LogP contribution in [-0.2, 0) is 20.7 Å². The van der Waals surface area contributed by atoms with Gasteiger partial charge in [0.05, 0.1) is 11.1 Å². The molecule has 33 heavy (non-hydrogen) atoms. The third-order valence-corrected chi connectivity index (χ3v) is 6.91. The van der Waals surface area contributed by atoms with Gasteiger partial charge in [-0.25, -0.2) is 9.59 Å². The first-order valence-corrected chi connectivity index (χ1v) is 13.2. The van der Waals surface area contributed by atoms with E-state index in [9.17, 15) is 23.1 Å². The van der Waals surface area contributed by atoms with Crippen LogP contribution in [0.15, 0.2) is 53.4 Å². The third-order valence-electron chi connectivity index (χ3n) is 5.60. The molecule has 1 N–H and O–H groups in total. The Balaban J connectivity index is 1.92. The van der Waals surface area contributed by atoms with Crippen molar-refractivity contribution in [3.63, 3.8) is 0 Å². The Labute approximate surface area is 197 Å². The highest BCUT2D eigenvalue weighted by molar-refractivity contribution is 7.87. The molecule has 0 saturated heterocycles. The molecule has 0 amide bonds. The number of benzene rings is 2. The van der Waals surface area contributed by atoms with Crippen molar-refractivity contribution in [3.05, 3.63) is 65.2 Å². The molecule has 0 heterocycles. The predicted molar refractivity (Wildman–Crippen MR) is 128 cm³/mol. The lowest BCUT2D eigenvalue weighted by Crippen LogP contribution is -2.17. The largest absolute Gasteiger partial charge is 0.478 e. The van der Waals surface area contributed by atoms with Crippen LogP contribution in [0.2, 0.25) is 0 Å². The van der Waals surface area contributed by atoms with Crippen LogP contribution in [0.3, 0.4) is 0 Å². The van der Waals surface area contributed by atoms with E-state index in [4.69, 9.17) is 4.18 Å². The summed E-state index contributed by atoms with van der Waals surface area (Å²) in [5, 5.41) is 9.24. The molecule has 2 aromatic rings. The van der Waals surface area contributed by atoms with Crippen LogP contribution >= 0.6 is 0 Å². The molecule has 0 saturated carbocycles. The number of unbranched alkanes of at least 4 members (excludes halogenated alkanes) is 9. The number of aryl methyl sites for hydroxylation is 1. The van der Waals surface area contributed by atoms with E-state index in [1.807, 2.05) is 0 Å². The SMILES string of the molecule is CCCCCCCCCCCCc1ccccc1S(=O)(=O)OC(=O)c1ccccc1C(=O)O. The Hall–Kier alpha value is -2.67. The zero-order chi connectivity index (χ0) is 24.1. The summed E-state index contributed by atoms with van der Waals surface area (Å²) in [5.74, 6) is -2.54. The Kier molecular flexibility index (Phi) is 11.1. The minimum atomic E-state index is -4.39. The Morgan fingerprint density at radius 2 is 1.27 bits per heavy atom. The van der Waals surface area contributed by atoms with Crippen molar-refractivity contribution in [2.45, 2.75) is 82.4 Å². The summed E-state index contributed by atoms with van der Waals surface area (Å²) in [6.45, 7) is 2.21. The number of carboxylic acid groups (broad SMARTS) is 1. The molecule has 0 unspecified atom stereocenters. The summed E-state index contributed by atoms with van der Waals surface area (Å²) in [6.07, 6.45) is 12.4. The van der Waals surface area contributed by atoms with E-state index in [-0.39, 0.29) is 16.0 Å². The van der Waals surface area contributed by atoms with E-state index < -0.39 is 22.1 Å². The van der Waals surface area contributed by atoms with Gasteiger partial charge in [0.2, 0.25) is 0 Å². The first-order valence-electron chi connectivity index (χ1n) is 11.8. The van der Waals surface area contributed by atoms with Gasteiger partial charge >= 0.3 is 22.1 Å². The molecule has 7 heteroatoms. The van der Waals surface area contributed by atoms with Crippen molar-refractivity contribution in [1.82, 2.24) is 0 Å². The Bertz CT molecular complexity index is 1010. The molecule has 0 aliphatic carbocycles. The van der Waals surface area contributed by atoms with E-state index in [0.29, 0.717) is 12.0 Å². The van der Waals surface area contributed by atoms with E-state index in [2.05, 4.69) is 6.92 Å². The van der Waals surface area contributed by atoms with Crippen LogP contribution in [-0.4, -0.2) is 25.5 Å². The van der Waals surface area contributed by atoms with Gasteiger partial charge in [0.1, 0.15) is 4.90 Å². The van der Waals surface area contributed by atoms with Gasteiger partial charge in [0.25, 0.3) is 0 Å². The van der Waals surface area contributed by atoms with Gasteiger partial charge in [-0.05, 0) is 36.6 Å².